The molecule has 0 bridgehead atoms. The van der Waals surface area contributed by atoms with Crippen molar-refractivity contribution in [3.8, 4) is 0 Å². The topological polar surface area (TPSA) is 63.5 Å². The number of fused-ring (bicyclic) bond motifs is 1. The lowest BCUT2D eigenvalue weighted by Crippen LogP contribution is -2.33. The smallest absolute Gasteiger partial charge is 0.270 e. The molecule has 3 rings (SSSR count). The van der Waals surface area contributed by atoms with Crippen molar-refractivity contribution < 1.29 is 13.6 Å². The Morgan fingerprint density at radius 3 is 2.72 bits per heavy atom. The fraction of sp³-hybridized carbons (Fsp3) is 0.167. The minimum Gasteiger partial charge on any atom is -0.345 e. The molecular formula is C18H15F2N3O2. The van der Waals surface area contributed by atoms with Crippen LogP contribution in [0.5, 0.6) is 0 Å². The molecule has 0 spiro atoms. The van der Waals surface area contributed by atoms with Gasteiger partial charge in [0.15, 0.2) is 0 Å². The Balaban J connectivity index is 1.90. The van der Waals surface area contributed by atoms with Crippen molar-refractivity contribution in [1.82, 2.24) is 14.7 Å². The van der Waals surface area contributed by atoms with Crippen LogP contribution in [-0.2, 0) is 0 Å². The molecule has 0 aliphatic rings. The van der Waals surface area contributed by atoms with Gasteiger partial charge in [0.2, 0.25) is 0 Å². The van der Waals surface area contributed by atoms with Gasteiger partial charge in [-0.2, -0.15) is 0 Å². The molecule has 0 aliphatic carbocycles. The van der Waals surface area contributed by atoms with Gasteiger partial charge in [-0.3, -0.25) is 14.0 Å². The number of amides is 1. The number of halogens is 2. The number of hydrogen-bond acceptors (Lipinski definition) is 3. The quantitative estimate of drug-likeness (QED) is 0.795. The van der Waals surface area contributed by atoms with E-state index < -0.39 is 29.1 Å². The van der Waals surface area contributed by atoms with Crippen LogP contribution in [0.4, 0.5) is 8.78 Å². The number of carbonyl (C=O) groups is 1. The summed E-state index contributed by atoms with van der Waals surface area (Å²) in [5, 5.41) is 2.53. The third-order valence-electron chi connectivity index (χ3n) is 3.89. The van der Waals surface area contributed by atoms with E-state index >= 15 is 0 Å². The van der Waals surface area contributed by atoms with Crippen LogP contribution >= 0.6 is 0 Å². The first kappa shape index (κ1) is 16.8. The minimum absolute atomic E-state index is 0.124. The maximum absolute atomic E-state index is 13.8. The summed E-state index contributed by atoms with van der Waals surface area (Å²) in [5.41, 5.74) is 0.813. The summed E-state index contributed by atoms with van der Waals surface area (Å²) < 4.78 is 28.1. The molecule has 1 aromatic carbocycles. The van der Waals surface area contributed by atoms with Crippen molar-refractivity contribution in [2.24, 2.45) is 0 Å². The van der Waals surface area contributed by atoms with Gasteiger partial charge in [-0.25, -0.2) is 13.8 Å². The molecule has 0 saturated carbocycles. The first-order chi connectivity index (χ1) is 11.9. The molecule has 0 saturated heterocycles. The van der Waals surface area contributed by atoms with Gasteiger partial charge in [-0.05, 0) is 37.6 Å². The third-order valence-corrected chi connectivity index (χ3v) is 3.89. The van der Waals surface area contributed by atoms with Crippen molar-refractivity contribution in [3.63, 3.8) is 0 Å². The molecule has 2 heterocycles. The fourth-order valence-corrected chi connectivity index (χ4v) is 2.54. The van der Waals surface area contributed by atoms with E-state index in [1.807, 2.05) is 6.92 Å². The van der Waals surface area contributed by atoms with Crippen LogP contribution in [0, 0.1) is 18.6 Å². The Morgan fingerprint density at radius 2 is 2.00 bits per heavy atom. The molecule has 0 radical (unpaired) electrons. The van der Waals surface area contributed by atoms with Gasteiger partial charge in [0, 0.05) is 24.0 Å². The van der Waals surface area contributed by atoms with E-state index in [4.69, 9.17) is 0 Å². The summed E-state index contributed by atoms with van der Waals surface area (Å²) in [5.74, 6) is -2.15. The Labute approximate surface area is 142 Å². The fourth-order valence-electron chi connectivity index (χ4n) is 2.54. The molecule has 0 aliphatic heterocycles. The Hall–Kier alpha value is -3.09. The second-order valence-electron chi connectivity index (χ2n) is 5.77. The summed E-state index contributed by atoms with van der Waals surface area (Å²) >= 11 is 0. The molecule has 1 atom stereocenters. The van der Waals surface area contributed by atoms with Crippen molar-refractivity contribution >= 4 is 11.6 Å². The highest BCUT2D eigenvalue weighted by Gasteiger charge is 2.18. The van der Waals surface area contributed by atoms with Crippen molar-refractivity contribution in [3.05, 3.63) is 81.4 Å². The van der Waals surface area contributed by atoms with Gasteiger partial charge in [0.1, 0.15) is 22.8 Å². The zero-order valence-electron chi connectivity index (χ0n) is 13.6. The number of nitrogens with zero attached hydrogens (tertiary/aromatic N) is 2. The van der Waals surface area contributed by atoms with Gasteiger partial charge in [-0.15, -0.1) is 0 Å². The maximum Gasteiger partial charge on any atom is 0.270 e. The van der Waals surface area contributed by atoms with Crippen LogP contribution in [0.15, 0.2) is 47.5 Å². The maximum atomic E-state index is 13.8. The van der Waals surface area contributed by atoms with Gasteiger partial charge < -0.3 is 5.32 Å². The summed E-state index contributed by atoms with van der Waals surface area (Å²) in [7, 11) is 0. The largest absolute Gasteiger partial charge is 0.345 e. The number of aromatic nitrogens is 2. The molecule has 2 aromatic heterocycles. The molecule has 25 heavy (non-hydrogen) atoms. The second-order valence-corrected chi connectivity index (χ2v) is 5.77. The number of rotatable bonds is 3. The zero-order chi connectivity index (χ0) is 18.1. The molecule has 5 nitrogen and oxygen atoms in total. The monoisotopic (exact) mass is 343 g/mol. The molecule has 0 fully saturated rings. The van der Waals surface area contributed by atoms with E-state index in [9.17, 15) is 18.4 Å². The first-order valence-electron chi connectivity index (χ1n) is 7.60. The Morgan fingerprint density at radius 1 is 1.24 bits per heavy atom. The number of hydrogen-bond donors (Lipinski definition) is 1. The predicted molar refractivity (Wildman–Crippen MR) is 88.4 cm³/mol. The predicted octanol–water partition coefficient (Wildman–Crippen LogP) is 2.77. The van der Waals surface area contributed by atoms with Crippen LogP contribution in [-0.4, -0.2) is 15.3 Å². The van der Waals surface area contributed by atoms with Crippen LogP contribution in [0.2, 0.25) is 0 Å². The Kier molecular flexibility index (Phi) is 4.31. The van der Waals surface area contributed by atoms with Crippen LogP contribution in [0.3, 0.4) is 0 Å². The highest BCUT2D eigenvalue weighted by atomic mass is 19.1. The highest BCUT2D eigenvalue weighted by molar-refractivity contribution is 5.94. The van der Waals surface area contributed by atoms with Gasteiger partial charge in [0.05, 0.1) is 6.04 Å². The summed E-state index contributed by atoms with van der Waals surface area (Å²) in [6.07, 6.45) is 2.74. The average molecular weight is 343 g/mol. The minimum atomic E-state index is -0.767. The lowest BCUT2D eigenvalue weighted by Gasteiger charge is -2.15. The van der Waals surface area contributed by atoms with Crippen LogP contribution in [0.25, 0.3) is 5.65 Å². The molecule has 1 amide bonds. The van der Waals surface area contributed by atoms with Crippen LogP contribution in [0.1, 0.15) is 34.5 Å². The highest BCUT2D eigenvalue weighted by Crippen LogP contribution is 2.18. The van der Waals surface area contributed by atoms with Crippen molar-refractivity contribution in [2.75, 3.05) is 0 Å². The van der Waals surface area contributed by atoms with Gasteiger partial charge in [0.25, 0.3) is 11.5 Å². The van der Waals surface area contributed by atoms with E-state index in [2.05, 4.69) is 10.3 Å². The number of benzene rings is 1. The van der Waals surface area contributed by atoms with Crippen molar-refractivity contribution in [2.45, 2.75) is 19.9 Å². The summed E-state index contributed by atoms with van der Waals surface area (Å²) in [4.78, 5) is 28.9. The summed E-state index contributed by atoms with van der Waals surface area (Å²) in [6.45, 7) is 3.41. The molecule has 1 unspecified atom stereocenters. The second kappa shape index (κ2) is 6.43. The number of carbonyl (C=O) groups excluding carboxylic acids is 1. The van der Waals surface area contributed by atoms with E-state index in [-0.39, 0.29) is 11.1 Å². The number of nitrogens with one attached hydrogen (secondary N) is 1. The first-order valence-corrected chi connectivity index (χ1v) is 7.60. The van der Waals surface area contributed by atoms with E-state index in [1.54, 1.807) is 25.3 Å². The molecule has 7 heteroatoms. The molecule has 128 valence electrons. The summed E-state index contributed by atoms with van der Waals surface area (Å²) in [6, 6.07) is 5.81. The normalized spacial score (nSPS) is 12.2. The lowest BCUT2D eigenvalue weighted by atomic mass is 10.1. The Bertz CT molecular complexity index is 1030. The van der Waals surface area contributed by atoms with Gasteiger partial charge in [-0.1, -0.05) is 6.07 Å². The zero-order valence-corrected chi connectivity index (χ0v) is 13.6. The molecule has 1 N–H and O–H groups in total. The van der Waals surface area contributed by atoms with E-state index in [0.29, 0.717) is 5.65 Å². The van der Waals surface area contributed by atoms with Crippen molar-refractivity contribution in [1.29, 1.82) is 0 Å². The van der Waals surface area contributed by atoms with E-state index in [1.165, 1.54) is 16.7 Å². The SMILES string of the molecule is Cc1ccn2c(=O)c(C(=O)NC(C)c3ccc(F)cc3F)cnc2c1. The third kappa shape index (κ3) is 3.26. The van der Waals surface area contributed by atoms with Gasteiger partial charge >= 0.3 is 0 Å². The standard InChI is InChI=1S/C18H15F2N3O2/c1-10-5-6-23-16(7-10)21-9-14(18(23)25)17(24)22-11(2)13-4-3-12(19)8-15(13)20/h3-9,11H,1-2H3,(H,22,24). The lowest BCUT2D eigenvalue weighted by molar-refractivity contribution is 0.0937. The average Bonchev–Trinajstić information content (AvgIpc) is 2.54. The molecular weight excluding hydrogens is 328 g/mol. The number of aryl methyl sites for hydroxylation is 1. The number of pyridine rings is 1. The molecule has 3 aromatic rings. The van der Waals surface area contributed by atoms with E-state index in [0.717, 1.165) is 17.7 Å². The van der Waals surface area contributed by atoms with Crippen LogP contribution < -0.4 is 10.9 Å².